The molecule has 0 aromatic heterocycles. The summed E-state index contributed by atoms with van der Waals surface area (Å²) < 4.78 is 0. The molecule has 16 heavy (non-hydrogen) atoms. The minimum atomic E-state index is 0.567. The highest BCUT2D eigenvalue weighted by molar-refractivity contribution is 5.93. The second kappa shape index (κ2) is 6.48. The third kappa shape index (κ3) is 4.62. The number of hydrogen-bond donors (Lipinski definition) is 1. The molecule has 0 radical (unpaired) electrons. The van der Waals surface area contributed by atoms with Crippen molar-refractivity contribution in [3.05, 3.63) is 24.0 Å². The Labute approximate surface area is 98.9 Å². The molecular formula is C13H23N3. The molecule has 0 spiro atoms. The van der Waals surface area contributed by atoms with Crippen molar-refractivity contribution in [2.45, 2.75) is 40.2 Å². The van der Waals surface area contributed by atoms with E-state index in [0.29, 0.717) is 6.04 Å². The Morgan fingerprint density at radius 3 is 2.88 bits per heavy atom. The monoisotopic (exact) mass is 221 g/mol. The molecule has 1 N–H and O–H groups in total. The number of rotatable bonds is 5. The van der Waals surface area contributed by atoms with Crippen LogP contribution in [-0.2, 0) is 0 Å². The Bertz CT molecular complexity index is 300. The smallest absolute Gasteiger partial charge is 0.114 e. The molecule has 0 saturated carbocycles. The predicted molar refractivity (Wildman–Crippen MR) is 70.5 cm³/mol. The zero-order valence-electron chi connectivity index (χ0n) is 10.8. The highest BCUT2D eigenvalue weighted by atomic mass is 15.2. The lowest BCUT2D eigenvalue weighted by atomic mass is 10.2. The fourth-order valence-electron chi connectivity index (χ4n) is 1.55. The molecule has 0 fully saturated rings. The van der Waals surface area contributed by atoms with Gasteiger partial charge in [0.05, 0.1) is 0 Å². The minimum absolute atomic E-state index is 0.567. The van der Waals surface area contributed by atoms with E-state index in [1.807, 2.05) is 6.92 Å². The van der Waals surface area contributed by atoms with Crippen molar-refractivity contribution in [1.82, 2.24) is 10.2 Å². The molecule has 0 atom stereocenters. The molecule has 0 saturated heterocycles. The van der Waals surface area contributed by atoms with Gasteiger partial charge >= 0.3 is 0 Å². The molecule has 90 valence electrons. The molecule has 0 unspecified atom stereocenters. The lowest BCUT2D eigenvalue weighted by molar-refractivity contribution is 0.473. The first-order valence-electron chi connectivity index (χ1n) is 5.95. The van der Waals surface area contributed by atoms with Gasteiger partial charge in [0.1, 0.15) is 6.67 Å². The average molecular weight is 221 g/mol. The highest BCUT2D eigenvalue weighted by Crippen LogP contribution is 2.09. The molecular weight excluding hydrogens is 198 g/mol. The molecule has 0 aliphatic carbocycles. The number of aliphatic imine (C=N–C) groups is 1. The van der Waals surface area contributed by atoms with E-state index >= 15 is 0 Å². The van der Waals surface area contributed by atoms with Crippen LogP contribution in [-0.4, -0.2) is 29.9 Å². The van der Waals surface area contributed by atoms with Gasteiger partial charge in [-0.05, 0) is 32.9 Å². The molecule has 3 nitrogen and oxygen atoms in total. The predicted octanol–water partition coefficient (Wildman–Crippen LogP) is 2.53. The van der Waals surface area contributed by atoms with E-state index in [1.165, 1.54) is 5.70 Å². The van der Waals surface area contributed by atoms with E-state index in [-0.39, 0.29) is 0 Å². The normalized spacial score (nSPS) is 16.9. The van der Waals surface area contributed by atoms with Crippen LogP contribution in [0, 0.1) is 0 Å². The zero-order valence-corrected chi connectivity index (χ0v) is 10.8. The molecule has 1 aliphatic rings. The Morgan fingerprint density at radius 2 is 2.25 bits per heavy atom. The van der Waals surface area contributed by atoms with Crippen molar-refractivity contribution in [2.24, 2.45) is 4.99 Å². The molecule has 1 heterocycles. The first kappa shape index (κ1) is 13.0. The lowest BCUT2D eigenvalue weighted by Gasteiger charge is -2.22. The largest absolute Gasteiger partial charge is 0.332 e. The summed E-state index contributed by atoms with van der Waals surface area (Å²) in [7, 11) is 0. The maximum absolute atomic E-state index is 4.39. The summed E-state index contributed by atoms with van der Waals surface area (Å²) >= 11 is 0. The number of nitrogens with zero attached hydrogens (tertiary/aromatic N) is 2. The Kier molecular flexibility index (Phi) is 5.26. The molecule has 0 aromatic rings. The first-order chi connectivity index (χ1) is 7.59. The summed E-state index contributed by atoms with van der Waals surface area (Å²) in [5, 5.41) is 3.39. The van der Waals surface area contributed by atoms with E-state index in [4.69, 9.17) is 0 Å². The van der Waals surface area contributed by atoms with Crippen molar-refractivity contribution < 1.29 is 0 Å². The number of nitrogens with one attached hydrogen (secondary N) is 1. The lowest BCUT2D eigenvalue weighted by Crippen LogP contribution is -2.23. The van der Waals surface area contributed by atoms with Gasteiger partial charge in [-0.25, -0.2) is 0 Å². The van der Waals surface area contributed by atoms with Crippen LogP contribution in [0.1, 0.15) is 34.1 Å². The van der Waals surface area contributed by atoms with Crippen LogP contribution in [0.3, 0.4) is 0 Å². The van der Waals surface area contributed by atoms with Gasteiger partial charge in [-0.1, -0.05) is 19.9 Å². The Balaban J connectivity index is 2.28. The summed E-state index contributed by atoms with van der Waals surface area (Å²) in [6.45, 7) is 10.3. The summed E-state index contributed by atoms with van der Waals surface area (Å²) in [6.07, 6.45) is 7.50. The van der Waals surface area contributed by atoms with E-state index in [9.17, 15) is 0 Å². The van der Waals surface area contributed by atoms with Crippen molar-refractivity contribution in [2.75, 3.05) is 13.2 Å². The molecule has 0 amide bonds. The van der Waals surface area contributed by atoms with E-state index in [2.05, 4.69) is 54.3 Å². The molecule has 1 aliphatic heterocycles. The van der Waals surface area contributed by atoms with Crippen LogP contribution in [0.5, 0.6) is 0 Å². The number of allylic oxidation sites excluding steroid dienone is 2. The van der Waals surface area contributed by atoms with Gasteiger partial charge in [0.15, 0.2) is 0 Å². The molecule has 0 aromatic carbocycles. The van der Waals surface area contributed by atoms with Crippen molar-refractivity contribution in [3.63, 3.8) is 0 Å². The Hall–Kier alpha value is -1.09. The summed E-state index contributed by atoms with van der Waals surface area (Å²) in [4.78, 5) is 6.56. The maximum atomic E-state index is 4.39. The average Bonchev–Trinajstić information content (AvgIpc) is 2.20. The van der Waals surface area contributed by atoms with Crippen LogP contribution >= 0.6 is 0 Å². The summed E-state index contributed by atoms with van der Waals surface area (Å²) in [6, 6.07) is 0.567. The SMILES string of the molecule is CC1=CC(C)=NCN1/C=C\CCNC(C)C. The maximum Gasteiger partial charge on any atom is 0.114 e. The minimum Gasteiger partial charge on any atom is -0.332 e. The zero-order chi connectivity index (χ0) is 12.0. The van der Waals surface area contributed by atoms with Crippen LogP contribution in [0.2, 0.25) is 0 Å². The second-order valence-electron chi connectivity index (χ2n) is 4.48. The summed E-state index contributed by atoms with van der Waals surface area (Å²) in [5.41, 5.74) is 2.38. The molecule has 0 bridgehead atoms. The first-order valence-corrected chi connectivity index (χ1v) is 5.95. The third-order valence-corrected chi connectivity index (χ3v) is 2.49. The third-order valence-electron chi connectivity index (χ3n) is 2.49. The van der Waals surface area contributed by atoms with Gasteiger partial charge in [-0.15, -0.1) is 0 Å². The van der Waals surface area contributed by atoms with Crippen LogP contribution in [0.4, 0.5) is 0 Å². The Morgan fingerprint density at radius 1 is 1.50 bits per heavy atom. The second-order valence-corrected chi connectivity index (χ2v) is 4.48. The van der Waals surface area contributed by atoms with Gasteiger partial charge in [-0.3, -0.25) is 4.99 Å². The van der Waals surface area contributed by atoms with E-state index in [0.717, 1.165) is 25.3 Å². The fourth-order valence-corrected chi connectivity index (χ4v) is 1.55. The van der Waals surface area contributed by atoms with Crippen molar-refractivity contribution >= 4 is 5.71 Å². The van der Waals surface area contributed by atoms with Gasteiger partial charge in [0.25, 0.3) is 0 Å². The van der Waals surface area contributed by atoms with E-state index < -0.39 is 0 Å². The summed E-state index contributed by atoms with van der Waals surface area (Å²) in [5.74, 6) is 0. The number of hydrogen-bond acceptors (Lipinski definition) is 3. The van der Waals surface area contributed by atoms with Crippen LogP contribution in [0.15, 0.2) is 29.0 Å². The van der Waals surface area contributed by atoms with Crippen molar-refractivity contribution in [3.8, 4) is 0 Å². The van der Waals surface area contributed by atoms with Crippen LogP contribution < -0.4 is 5.32 Å². The van der Waals surface area contributed by atoms with Crippen molar-refractivity contribution in [1.29, 1.82) is 0 Å². The topological polar surface area (TPSA) is 27.6 Å². The van der Waals surface area contributed by atoms with Gasteiger partial charge < -0.3 is 10.2 Å². The molecule has 1 rings (SSSR count). The highest BCUT2D eigenvalue weighted by Gasteiger charge is 2.05. The standard InChI is InChI=1S/C13H23N3/c1-11(2)14-7-5-6-8-16-10-15-12(3)9-13(16)4/h6,8-9,11,14H,5,7,10H2,1-4H3/b8-6-. The quantitative estimate of drug-likeness (QED) is 0.722. The van der Waals surface area contributed by atoms with Gasteiger partial charge in [0.2, 0.25) is 0 Å². The fraction of sp³-hybridized carbons (Fsp3) is 0.615. The molecule has 3 heteroatoms. The van der Waals surface area contributed by atoms with Gasteiger partial charge in [-0.2, -0.15) is 0 Å². The van der Waals surface area contributed by atoms with E-state index in [1.54, 1.807) is 0 Å². The van der Waals surface area contributed by atoms with Gasteiger partial charge in [0, 0.05) is 23.7 Å². The van der Waals surface area contributed by atoms with Crippen LogP contribution in [0.25, 0.3) is 0 Å².